The fraction of sp³-hybridized carbons (Fsp3) is 0.158. The van der Waals surface area contributed by atoms with E-state index in [9.17, 15) is 9.90 Å². The molecule has 28 heavy (non-hydrogen) atoms. The number of aromatic nitrogens is 4. The lowest BCUT2D eigenvalue weighted by molar-refractivity contribution is 0.397. The monoisotopic (exact) mass is 379 g/mol. The van der Waals surface area contributed by atoms with Gasteiger partial charge in [-0.05, 0) is 25.1 Å². The van der Waals surface area contributed by atoms with E-state index in [2.05, 4.69) is 25.3 Å². The van der Waals surface area contributed by atoms with E-state index >= 15 is 0 Å². The van der Waals surface area contributed by atoms with Gasteiger partial charge in [-0.2, -0.15) is 0 Å². The van der Waals surface area contributed by atoms with Crippen molar-refractivity contribution >= 4 is 33.7 Å². The molecule has 0 atom stereocenters. The molecule has 0 spiro atoms. The minimum Gasteiger partial charge on any atom is -0.507 e. The van der Waals surface area contributed by atoms with Crippen LogP contribution in [-0.2, 0) is 0 Å². The maximum atomic E-state index is 12.3. The Balaban J connectivity index is 1.82. The molecule has 2 aromatic carbocycles. The Morgan fingerprint density at radius 1 is 1.11 bits per heavy atom. The molecule has 3 N–H and O–H groups in total. The molecular weight excluding hydrogens is 362 g/mol. The maximum Gasteiger partial charge on any atom is 0.263 e. The van der Waals surface area contributed by atoms with Gasteiger partial charge in [0.15, 0.2) is 0 Å². The molecule has 0 radical (unpaired) electrons. The molecular formula is C19H17N5O4. The third-order valence-electron chi connectivity index (χ3n) is 4.33. The molecule has 0 aliphatic carbocycles. The highest BCUT2D eigenvalue weighted by atomic mass is 16.5. The Kier molecular flexibility index (Phi) is 4.19. The summed E-state index contributed by atoms with van der Waals surface area (Å²) in [5.41, 5.74) is 1.18. The zero-order valence-corrected chi connectivity index (χ0v) is 15.4. The lowest BCUT2D eigenvalue weighted by atomic mass is 10.1. The number of phenols is 1. The summed E-state index contributed by atoms with van der Waals surface area (Å²) < 4.78 is 10.7. The zero-order chi connectivity index (χ0) is 19.8. The average molecular weight is 379 g/mol. The normalized spacial score (nSPS) is 11.0. The standard InChI is InChI=1S/C19H17N5O4/c1-9-11-7-10(27-2)8-14(28-3)16(11)22-18(20-9)24-19-21-12-5-4-6-13(25)15(12)17(26)23-19/h4-8,25H,1-3H3,(H2,20,21,22,23,24,26). The number of nitrogens with one attached hydrogen (secondary N) is 2. The number of benzene rings is 2. The van der Waals surface area contributed by atoms with Gasteiger partial charge in [-0.1, -0.05) is 6.07 Å². The van der Waals surface area contributed by atoms with Gasteiger partial charge in [-0.15, -0.1) is 0 Å². The highest BCUT2D eigenvalue weighted by Crippen LogP contribution is 2.32. The number of aryl methyl sites for hydroxylation is 1. The van der Waals surface area contributed by atoms with E-state index in [1.165, 1.54) is 6.07 Å². The number of ether oxygens (including phenoxy) is 2. The summed E-state index contributed by atoms with van der Waals surface area (Å²) in [5.74, 6) is 1.45. The lowest BCUT2D eigenvalue weighted by Crippen LogP contribution is -2.12. The highest BCUT2D eigenvalue weighted by Gasteiger charge is 2.14. The second-order valence-electron chi connectivity index (χ2n) is 6.07. The number of anilines is 2. The molecule has 0 saturated carbocycles. The quantitative estimate of drug-likeness (QED) is 0.495. The Morgan fingerprint density at radius 2 is 1.93 bits per heavy atom. The minimum atomic E-state index is -0.467. The third-order valence-corrected chi connectivity index (χ3v) is 4.33. The Hall–Kier alpha value is -3.88. The van der Waals surface area contributed by atoms with Gasteiger partial charge in [0.2, 0.25) is 11.9 Å². The van der Waals surface area contributed by atoms with E-state index in [-0.39, 0.29) is 23.0 Å². The smallest absolute Gasteiger partial charge is 0.263 e. The first-order valence-corrected chi connectivity index (χ1v) is 8.39. The average Bonchev–Trinajstić information content (AvgIpc) is 2.67. The number of aromatic hydroxyl groups is 1. The van der Waals surface area contributed by atoms with E-state index in [1.54, 1.807) is 32.4 Å². The summed E-state index contributed by atoms with van der Waals surface area (Å²) in [6, 6.07) is 8.25. The Morgan fingerprint density at radius 3 is 2.68 bits per heavy atom. The second kappa shape index (κ2) is 6.69. The molecule has 0 aliphatic heterocycles. The molecule has 142 valence electrons. The molecule has 0 unspecified atom stereocenters. The van der Waals surface area contributed by atoms with Gasteiger partial charge < -0.3 is 14.6 Å². The van der Waals surface area contributed by atoms with Gasteiger partial charge in [-0.25, -0.2) is 15.0 Å². The van der Waals surface area contributed by atoms with Crippen LogP contribution in [0.4, 0.5) is 11.9 Å². The third kappa shape index (κ3) is 2.92. The van der Waals surface area contributed by atoms with Crippen LogP contribution in [0.5, 0.6) is 17.2 Å². The van der Waals surface area contributed by atoms with Gasteiger partial charge in [-0.3, -0.25) is 15.1 Å². The SMILES string of the molecule is COc1cc(OC)c2nc(Nc3nc4cccc(O)c4c(=O)[nH]3)nc(C)c2c1. The van der Waals surface area contributed by atoms with Gasteiger partial charge in [0.05, 0.1) is 25.4 Å². The van der Waals surface area contributed by atoms with Crippen LogP contribution < -0.4 is 20.3 Å². The van der Waals surface area contributed by atoms with Crippen LogP contribution in [0.15, 0.2) is 35.1 Å². The molecule has 9 heteroatoms. The summed E-state index contributed by atoms with van der Waals surface area (Å²) in [5, 5.41) is 13.7. The van der Waals surface area contributed by atoms with Crippen LogP contribution in [0.2, 0.25) is 0 Å². The predicted molar refractivity (Wildman–Crippen MR) is 105 cm³/mol. The fourth-order valence-corrected chi connectivity index (χ4v) is 2.99. The number of hydrogen-bond acceptors (Lipinski definition) is 8. The minimum absolute atomic E-state index is 0.123. The van der Waals surface area contributed by atoms with E-state index in [0.29, 0.717) is 28.2 Å². The van der Waals surface area contributed by atoms with Crippen LogP contribution in [0.25, 0.3) is 21.8 Å². The number of nitrogens with zero attached hydrogens (tertiary/aromatic N) is 3. The zero-order valence-electron chi connectivity index (χ0n) is 15.4. The van der Waals surface area contributed by atoms with Crippen molar-refractivity contribution in [3.05, 3.63) is 46.4 Å². The van der Waals surface area contributed by atoms with Crippen LogP contribution in [0.1, 0.15) is 5.69 Å². The van der Waals surface area contributed by atoms with E-state index in [0.717, 1.165) is 5.39 Å². The largest absolute Gasteiger partial charge is 0.507 e. The number of hydrogen-bond donors (Lipinski definition) is 3. The van der Waals surface area contributed by atoms with Crippen molar-refractivity contribution in [2.75, 3.05) is 19.5 Å². The van der Waals surface area contributed by atoms with Crippen molar-refractivity contribution in [1.82, 2.24) is 19.9 Å². The molecule has 0 fully saturated rings. The van der Waals surface area contributed by atoms with Crippen LogP contribution in [0, 0.1) is 6.92 Å². The first-order valence-electron chi connectivity index (χ1n) is 8.39. The molecule has 0 aliphatic rings. The fourth-order valence-electron chi connectivity index (χ4n) is 2.99. The first kappa shape index (κ1) is 17.5. The molecule has 4 rings (SSSR count). The van der Waals surface area contributed by atoms with E-state index in [1.807, 2.05) is 13.0 Å². The number of methoxy groups -OCH3 is 2. The Bertz CT molecular complexity index is 1270. The van der Waals surface area contributed by atoms with E-state index in [4.69, 9.17) is 9.47 Å². The van der Waals surface area contributed by atoms with Crippen molar-refractivity contribution in [1.29, 1.82) is 0 Å². The molecule has 2 heterocycles. The second-order valence-corrected chi connectivity index (χ2v) is 6.07. The van der Waals surface area contributed by atoms with Crippen molar-refractivity contribution < 1.29 is 14.6 Å². The molecule has 0 amide bonds. The van der Waals surface area contributed by atoms with Gasteiger partial charge >= 0.3 is 0 Å². The van der Waals surface area contributed by atoms with Crippen molar-refractivity contribution in [3.8, 4) is 17.2 Å². The molecule has 2 aromatic heterocycles. The molecule has 9 nitrogen and oxygen atoms in total. The van der Waals surface area contributed by atoms with Gasteiger partial charge in [0.25, 0.3) is 5.56 Å². The summed E-state index contributed by atoms with van der Waals surface area (Å²) in [6.07, 6.45) is 0. The molecule has 0 bridgehead atoms. The first-order chi connectivity index (χ1) is 13.5. The topological polar surface area (TPSA) is 122 Å². The van der Waals surface area contributed by atoms with Crippen LogP contribution in [0.3, 0.4) is 0 Å². The maximum absolute atomic E-state index is 12.3. The lowest BCUT2D eigenvalue weighted by Gasteiger charge is -2.12. The number of fused-ring (bicyclic) bond motifs is 2. The number of phenolic OH excluding ortho intramolecular Hbond substituents is 1. The number of rotatable bonds is 4. The predicted octanol–water partition coefficient (Wildman–Crippen LogP) is 2.64. The Labute approximate surface area is 159 Å². The molecule has 4 aromatic rings. The van der Waals surface area contributed by atoms with Crippen LogP contribution in [-0.4, -0.2) is 39.3 Å². The summed E-state index contributed by atoms with van der Waals surface area (Å²) in [7, 11) is 3.12. The number of aromatic amines is 1. The summed E-state index contributed by atoms with van der Waals surface area (Å²) in [4.78, 5) is 28.1. The van der Waals surface area contributed by atoms with Crippen molar-refractivity contribution in [2.45, 2.75) is 6.92 Å². The summed E-state index contributed by atoms with van der Waals surface area (Å²) >= 11 is 0. The van der Waals surface area contributed by atoms with Crippen molar-refractivity contribution in [3.63, 3.8) is 0 Å². The van der Waals surface area contributed by atoms with Gasteiger partial charge in [0, 0.05) is 11.5 Å². The number of H-pyrrole nitrogens is 1. The summed E-state index contributed by atoms with van der Waals surface area (Å²) in [6.45, 7) is 1.84. The van der Waals surface area contributed by atoms with E-state index < -0.39 is 5.56 Å². The molecule has 0 saturated heterocycles. The van der Waals surface area contributed by atoms with Gasteiger partial charge in [0.1, 0.15) is 28.2 Å². The van der Waals surface area contributed by atoms with Crippen LogP contribution >= 0.6 is 0 Å². The van der Waals surface area contributed by atoms with Crippen molar-refractivity contribution in [2.24, 2.45) is 0 Å². The highest BCUT2D eigenvalue weighted by molar-refractivity contribution is 5.89.